The Morgan fingerprint density at radius 2 is 1.94 bits per heavy atom. The van der Waals surface area contributed by atoms with E-state index in [4.69, 9.17) is 4.74 Å². The first kappa shape index (κ1) is 23.5. The van der Waals surface area contributed by atoms with E-state index in [1.165, 1.54) is 11.3 Å². The Morgan fingerprint density at radius 1 is 1.21 bits per heavy atom. The summed E-state index contributed by atoms with van der Waals surface area (Å²) in [5.74, 6) is -0.956. The number of ether oxygens (including phenoxy) is 1. The lowest BCUT2D eigenvalue weighted by Crippen LogP contribution is -2.16. The first-order chi connectivity index (χ1) is 16.4. The summed E-state index contributed by atoms with van der Waals surface area (Å²) in [6, 6.07) is 13.9. The number of hydrogen-bond acceptors (Lipinski definition) is 5. The Bertz CT molecular complexity index is 1310. The van der Waals surface area contributed by atoms with Crippen molar-refractivity contribution in [3.63, 3.8) is 0 Å². The zero-order valence-electron chi connectivity index (χ0n) is 19.6. The molecule has 0 unspecified atom stereocenters. The van der Waals surface area contributed by atoms with Gasteiger partial charge in [-0.2, -0.15) is 5.26 Å². The maximum atomic E-state index is 13.1. The Kier molecular flexibility index (Phi) is 6.99. The molecule has 1 aromatic carbocycles. The smallest absolute Gasteiger partial charge is 0.341 e. The average Bonchev–Trinajstić information content (AvgIpc) is 3.33. The molecule has 2 aromatic heterocycles. The van der Waals surface area contributed by atoms with Crippen molar-refractivity contribution in [1.29, 1.82) is 5.26 Å². The van der Waals surface area contributed by atoms with Gasteiger partial charge in [-0.15, -0.1) is 11.3 Å². The van der Waals surface area contributed by atoms with Crippen molar-refractivity contribution in [2.45, 2.75) is 46.5 Å². The van der Waals surface area contributed by atoms with Crippen LogP contribution in [-0.4, -0.2) is 23.1 Å². The van der Waals surface area contributed by atoms with Gasteiger partial charge >= 0.3 is 5.97 Å². The molecule has 1 aliphatic rings. The van der Waals surface area contributed by atoms with Crippen molar-refractivity contribution >= 4 is 34.3 Å². The standard InChI is InChI=1S/C27H27N3O3S/c1-4-33-27(32)24-22-12-8-9-13-23(22)34-26(24)29-25(31)20(16-28)15-19-14-17(2)30(18(19)3)21-10-6-5-7-11-21/h5-7,10-11,14-15H,4,8-9,12-13H2,1-3H3,(H,29,31)/b20-15+. The molecule has 0 bridgehead atoms. The van der Waals surface area contributed by atoms with E-state index in [0.717, 1.165) is 58.8 Å². The lowest BCUT2D eigenvalue weighted by molar-refractivity contribution is -0.112. The van der Waals surface area contributed by atoms with Gasteiger partial charge in [0.25, 0.3) is 5.91 Å². The summed E-state index contributed by atoms with van der Waals surface area (Å²) in [5, 5.41) is 13.1. The van der Waals surface area contributed by atoms with E-state index < -0.39 is 11.9 Å². The van der Waals surface area contributed by atoms with E-state index in [9.17, 15) is 14.9 Å². The number of nitriles is 1. The number of esters is 1. The number of aromatic nitrogens is 1. The maximum Gasteiger partial charge on any atom is 0.341 e. The number of rotatable bonds is 6. The Morgan fingerprint density at radius 3 is 2.65 bits per heavy atom. The molecule has 0 atom stereocenters. The molecule has 3 aromatic rings. The minimum atomic E-state index is -0.531. The highest BCUT2D eigenvalue weighted by molar-refractivity contribution is 7.17. The predicted octanol–water partition coefficient (Wildman–Crippen LogP) is 5.76. The topological polar surface area (TPSA) is 84.1 Å². The number of thiophene rings is 1. The van der Waals surface area contributed by atoms with Crippen LogP contribution in [0.1, 0.15) is 57.5 Å². The fourth-order valence-corrected chi connectivity index (χ4v) is 5.73. The predicted molar refractivity (Wildman–Crippen MR) is 134 cm³/mol. The number of anilines is 1. The summed E-state index contributed by atoms with van der Waals surface area (Å²) in [5.41, 5.74) is 5.14. The van der Waals surface area contributed by atoms with Crippen LogP contribution >= 0.6 is 11.3 Å². The number of hydrogen-bond donors (Lipinski definition) is 1. The molecule has 4 rings (SSSR count). The second-order valence-corrected chi connectivity index (χ2v) is 9.36. The fraction of sp³-hybridized carbons (Fsp3) is 0.296. The molecule has 2 heterocycles. The van der Waals surface area contributed by atoms with Crippen molar-refractivity contribution in [3.8, 4) is 11.8 Å². The summed E-state index contributed by atoms with van der Waals surface area (Å²) in [7, 11) is 0. The molecule has 7 heteroatoms. The van der Waals surface area contributed by atoms with Crippen LogP contribution < -0.4 is 5.32 Å². The van der Waals surface area contributed by atoms with E-state index in [2.05, 4.69) is 9.88 Å². The van der Waals surface area contributed by atoms with Gasteiger partial charge in [0.1, 0.15) is 16.6 Å². The third-order valence-electron chi connectivity index (χ3n) is 6.03. The van der Waals surface area contributed by atoms with E-state index >= 15 is 0 Å². The minimum Gasteiger partial charge on any atom is -0.462 e. The Balaban J connectivity index is 1.66. The monoisotopic (exact) mass is 473 g/mol. The number of carbonyl (C=O) groups is 2. The van der Waals surface area contributed by atoms with E-state index in [-0.39, 0.29) is 12.2 Å². The number of nitrogens with one attached hydrogen (secondary N) is 1. The molecule has 0 fully saturated rings. The Hall–Kier alpha value is -3.63. The molecule has 6 nitrogen and oxygen atoms in total. The van der Waals surface area contributed by atoms with Crippen molar-refractivity contribution < 1.29 is 14.3 Å². The lowest BCUT2D eigenvalue weighted by atomic mass is 9.95. The summed E-state index contributed by atoms with van der Waals surface area (Å²) in [4.78, 5) is 26.9. The van der Waals surface area contributed by atoms with Crippen LogP contribution in [0, 0.1) is 25.2 Å². The SMILES string of the molecule is CCOC(=O)c1c(NC(=O)/C(C#N)=C/c2cc(C)n(-c3ccccc3)c2C)sc2c1CCCC2. The van der Waals surface area contributed by atoms with Gasteiger partial charge in [0.05, 0.1) is 12.2 Å². The molecule has 1 aliphatic carbocycles. The van der Waals surface area contributed by atoms with Crippen LogP contribution in [0.4, 0.5) is 5.00 Å². The van der Waals surface area contributed by atoms with Crippen LogP contribution in [0.5, 0.6) is 0 Å². The maximum absolute atomic E-state index is 13.1. The van der Waals surface area contributed by atoms with Crippen LogP contribution in [0.2, 0.25) is 0 Å². The van der Waals surface area contributed by atoms with Gasteiger partial charge in [0.15, 0.2) is 0 Å². The second kappa shape index (κ2) is 10.1. The van der Waals surface area contributed by atoms with Gasteiger partial charge in [-0.25, -0.2) is 4.79 Å². The lowest BCUT2D eigenvalue weighted by Gasteiger charge is -2.12. The number of para-hydroxylation sites is 1. The van der Waals surface area contributed by atoms with E-state index in [1.54, 1.807) is 13.0 Å². The van der Waals surface area contributed by atoms with E-state index in [1.807, 2.05) is 56.3 Å². The highest BCUT2D eigenvalue weighted by Crippen LogP contribution is 2.39. The molecule has 0 radical (unpaired) electrons. The van der Waals surface area contributed by atoms with Crippen LogP contribution in [0.25, 0.3) is 11.8 Å². The summed E-state index contributed by atoms with van der Waals surface area (Å²) >= 11 is 1.41. The molecule has 1 N–H and O–H groups in total. The molecule has 0 saturated heterocycles. The molecule has 0 aliphatic heterocycles. The number of fused-ring (bicyclic) bond motifs is 1. The molecule has 34 heavy (non-hydrogen) atoms. The molecule has 0 saturated carbocycles. The molecule has 0 spiro atoms. The van der Waals surface area contributed by atoms with Gasteiger partial charge in [0.2, 0.25) is 0 Å². The van der Waals surface area contributed by atoms with Gasteiger partial charge in [-0.05, 0) is 81.9 Å². The van der Waals surface area contributed by atoms with Gasteiger partial charge in [0, 0.05) is 22.0 Å². The zero-order chi connectivity index (χ0) is 24.2. The van der Waals surface area contributed by atoms with Crippen molar-refractivity contribution in [3.05, 3.63) is 74.9 Å². The average molecular weight is 474 g/mol. The fourth-order valence-electron chi connectivity index (χ4n) is 4.46. The van der Waals surface area contributed by atoms with Crippen LogP contribution in [-0.2, 0) is 22.4 Å². The molecular weight excluding hydrogens is 446 g/mol. The third kappa shape index (κ3) is 4.55. The number of aryl methyl sites for hydroxylation is 2. The van der Waals surface area contributed by atoms with Gasteiger partial charge in [-0.1, -0.05) is 18.2 Å². The first-order valence-electron chi connectivity index (χ1n) is 11.4. The van der Waals surface area contributed by atoms with Crippen molar-refractivity contribution in [2.24, 2.45) is 0 Å². The zero-order valence-corrected chi connectivity index (χ0v) is 20.4. The number of amides is 1. The summed E-state index contributed by atoms with van der Waals surface area (Å²) in [6.07, 6.45) is 5.35. The Labute approximate surface area is 203 Å². The van der Waals surface area contributed by atoms with Crippen molar-refractivity contribution in [1.82, 2.24) is 4.57 Å². The van der Waals surface area contributed by atoms with E-state index in [0.29, 0.717) is 10.6 Å². The number of nitrogens with zero attached hydrogens (tertiary/aromatic N) is 2. The number of carbonyl (C=O) groups excluding carboxylic acids is 2. The van der Waals surface area contributed by atoms with Gasteiger partial charge in [-0.3, -0.25) is 4.79 Å². The third-order valence-corrected chi connectivity index (χ3v) is 7.23. The quantitative estimate of drug-likeness (QED) is 0.280. The minimum absolute atomic E-state index is 0.0190. The normalized spacial score (nSPS) is 13.2. The van der Waals surface area contributed by atoms with Crippen LogP contribution in [0.15, 0.2) is 42.0 Å². The second-order valence-electron chi connectivity index (χ2n) is 8.26. The summed E-state index contributed by atoms with van der Waals surface area (Å²) < 4.78 is 7.35. The largest absolute Gasteiger partial charge is 0.462 e. The molecule has 1 amide bonds. The molecular formula is C27H27N3O3S. The number of benzene rings is 1. The van der Waals surface area contributed by atoms with Crippen molar-refractivity contribution in [2.75, 3.05) is 11.9 Å². The highest BCUT2D eigenvalue weighted by Gasteiger charge is 2.28. The molecule has 174 valence electrons. The highest BCUT2D eigenvalue weighted by atomic mass is 32.1. The first-order valence-corrected chi connectivity index (χ1v) is 12.2. The summed E-state index contributed by atoms with van der Waals surface area (Å²) in [6.45, 7) is 5.98. The van der Waals surface area contributed by atoms with Crippen LogP contribution in [0.3, 0.4) is 0 Å². The van der Waals surface area contributed by atoms with Gasteiger partial charge < -0.3 is 14.6 Å².